The summed E-state index contributed by atoms with van der Waals surface area (Å²) in [6.45, 7) is 9.12. The van der Waals surface area contributed by atoms with Crippen LogP contribution in [0.3, 0.4) is 0 Å². The summed E-state index contributed by atoms with van der Waals surface area (Å²) in [7, 11) is -3.72. The van der Waals surface area contributed by atoms with Crippen molar-refractivity contribution < 1.29 is 18.0 Å². The summed E-state index contributed by atoms with van der Waals surface area (Å²) in [5, 5.41) is 2.84. The molecular weight excluding hydrogens is 438 g/mol. The molecule has 1 unspecified atom stereocenters. The third kappa shape index (κ3) is 7.60. The standard InChI is InChI=1S/C25H35N3O4S/c1-18(2)26-25(30)21(5)27(15-14-22-10-8-7-9-11-22)24(29)17-28(33(6,31)32)23-13-12-19(3)20(4)16-23/h7-13,16,18,21H,14-15,17H2,1-6H3,(H,26,30). The van der Waals surface area contributed by atoms with Crippen molar-refractivity contribution in [1.29, 1.82) is 0 Å². The van der Waals surface area contributed by atoms with Crippen LogP contribution < -0.4 is 9.62 Å². The molecule has 1 atom stereocenters. The summed E-state index contributed by atoms with van der Waals surface area (Å²) in [4.78, 5) is 27.6. The van der Waals surface area contributed by atoms with Gasteiger partial charge >= 0.3 is 0 Å². The molecule has 1 N–H and O–H groups in total. The molecule has 0 aromatic heterocycles. The topological polar surface area (TPSA) is 86.8 Å². The Hall–Kier alpha value is -2.87. The van der Waals surface area contributed by atoms with E-state index in [4.69, 9.17) is 0 Å². The monoisotopic (exact) mass is 473 g/mol. The zero-order valence-corrected chi connectivity index (χ0v) is 21.1. The number of carbonyl (C=O) groups excluding carboxylic acids is 2. The van der Waals surface area contributed by atoms with Crippen molar-refractivity contribution in [3.05, 3.63) is 65.2 Å². The number of carbonyl (C=O) groups is 2. The van der Waals surface area contributed by atoms with Gasteiger partial charge in [-0.3, -0.25) is 13.9 Å². The molecule has 2 amide bonds. The fraction of sp³-hybridized carbons (Fsp3) is 0.440. The maximum atomic E-state index is 13.4. The average molecular weight is 474 g/mol. The molecule has 0 saturated heterocycles. The van der Waals surface area contributed by atoms with Crippen molar-refractivity contribution >= 4 is 27.5 Å². The summed E-state index contributed by atoms with van der Waals surface area (Å²) in [6.07, 6.45) is 1.63. The highest BCUT2D eigenvalue weighted by molar-refractivity contribution is 7.92. The Balaban J connectivity index is 2.33. The maximum absolute atomic E-state index is 13.4. The van der Waals surface area contributed by atoms with E-state index in [1.165, 1.54) is 4.90 Å². The minimum Gasteiger partial charge on any atom is -0.352 e. The number of benzene rings is 2. The lowest BCUT2D eigenvalue weighted by molar-refractivity contribution is -0.139. The number of amides is 2. The molecule has 33 heavy (non-hydrogen) atoms. The lowest BCUT2D eigenvalue weighted by atomic mass is 10.1. The molecule has 0 fully saturated rings. The highest BCUT2D eigenvalue weighted by Gasteiger charge is 2.30. The van der Waals surface area contributed by atoms with Gasteiger partial charge in [-0.1, -0.05) is 36.4 Å². The van der Waals surface area contributed by atoms with Crippen molar-refractivity contribution in [3.63, 3.8) is 0 Å². The zero-order chi connectivity index (χ0) is 24.8. The van der Waals surface area contributed by atoms with Crippen molar-refractivity contribution in [2.75, 3.05) is 23.7 Å². The molecule has 2 aromatic rings. The van der Waals surface area contributed by atoms with E-state index in [-0.39, 0.29) is 18.5 Å². The summed E-state index contributed by atoms with van der Waals surface area (Å²) < 4.78 is 26.3. The van der Waals surface area contributed by atoms with Crippen LogP contribution in [0.2, 0.25) is 0 Å². The minimum atomic E-state index is -3.72. The summed E-state index contributed by atoms with van der Waals surface area (Å²) in [5.41, 5.74) is 3.42. The Morgan fingerprint density at radius 2 is 1.61 bits per heavy atom. The molecule has 180 valence electrons. The first kappa shape index (κ1) is 26.4. The number of nitrogens with zero attached hydrogens (tertiary/aromatic N) is 2. The summed E-state index contributed by atoms with van der Waals surface area (Å²) in [5.74, 6) is -0.704. The molecule has 0 aliphatic carbocycles. The van der Waals surface area contributed by atoms with Crippen molar-refractivity contribution in [3.8, 4) is 0 Å². The number of sulfonamides is 1. The number of hydrogen-bond donors (Lipinski definition) is 1. The second-order valence-corrected chi connectivity index (χ2v) is 10.6. The molecule has 0 saturated carbocycles. The second-order valence-electron chi connectivity index (χ2n) is 8.70. The van der Waals surface area contributed by atoms with Gasteiger partial charge in [-0.05, 0) is 69.9 Å². The molecule has 2 aromatic carbocycles. The number of nitrogens with one attached hydrogen (secondary N) is 1. The van der Waals surface area contributed by atoms with Gasteiger partial charge in [-0.15, -0.1) is 0 Å². The van der Waals surface area contributed by atoms with Gasteiger partial charge in [0.15, 0.2) is 0 Å². The highest BCUT2D eigenvalue weighted by Crippen LogP contribution is 2.22. The first-order valence-corrected chi connectivity index (χ1v) is 12.9. The quantitative estimate of drug-likeness (QED) is 0.575. The third-order valence-corrected chi connectivity index (χ3v) is 6.68. The largest absolute Gasteiger partial charge is 0.352 e. The van der Waals surface area contributed by atoms with Gasteiger partial charge < -0.3 is 10.2 Å². The first-order valence-electron chi connectivity index (χ1n) is 11.1. The van der Waals surface area contributed by atoms with Gasteiger partial charge in [0.25, 0.3) is 0 Å². The lowest BCUT2D eigenvalue weighted by Gasteiger charge is -2.32. The Morgan fingerprint density at radius 1 is 0.970 bits per heavy atom. The Labute approximate surface area is 197 Å². The van der Waals surface area contributed by atoms with Gasteiger partial charge in [0.2, 0.25) is 21.8 Å². The number of anilines is 1. The number of rotatable bonds is 10. The number of aryl methyl sites for hydroxylation is 2. The molecular formula is C25H35N3O4S. The van der Waals surface area contributed by atoms with Gasteiger partial charge in [-0.2, -0.15) is 0 Å². The Bertz CT molecular complexity index is 1070. The molecule has 0 bridgehead atoms. The SMILES string of the molecule is Cc1ccc(N(CC(=O)N(CCc2ccccc2)C(C)C(=O)NC(C)C)S(C)(=O)=O)cc1C. The van der Waals surface area contributed by atoms with Crippen LogP contribution in [0.4, 0.5) is 5.69 Å². The summed E-state index contributed by atoms with van der Waals surface area (Å²) >= 11 is 0. The van der Waals surface area contributed by atoms with Crippen LogP contribution in [0.5, 0.6) is 0 Å². The summed E-state index contributed by atoms with van der Waals surface area (Å²) in [6, 6.07) is 14.1. The molecule has 0 aliphatic heterocycles. The predicted molar refractivity (Wildman–Crippen MR) is 133 cm³/mol. The van der Waals surface area contributed by atoms with Gasteiger partial charge in [-0.25, -0.2) is 8.42 Å². The van der Waals surface area contributed by atoms with E-state index in [9.17, 15) is 18.0 Å². The van der Waals surface area contributed by atoms with Crippen LogP contribution in [0.1, 0.15) is 37.5 Å². The van der Waals surface area contributed by atoms with E-state index in [1.807, 2.05) is 64.1 Å². The fourth-order valence-electron chi connectivity index (χ4n) is 3.47. The van der Waals surface area contributed by atoms with Crippen LogP contribution in [0, 0.1) is 13.8 Å². The maximum Gasteiger partial charge on any atom is 0.244 e. The predicted octanol–water partition coefficient (Wildman–Crippen LogP) is 3.05. The third-order valence-electron chi connectivity index (χ3n) is 5.54. The molecule has 0 spiro atoms. The number of hydrogen-bond acceptors (Lipinski definition) is 4. The van der Waals surface area contributed by atoms with Crippen LogP contribution in [-0.4, -0.2) is 56.6 Å². The molecule has 8 heteroatoms. The van der Waals surface area contributed by atoms with Crippen molar-refractivity contribution in [2.45, 2.75) is 53.1 Å². The minimum absolute atomic E-state index is 0.0749. The molecule has 0 heterocycles. The van der Waals surface area contributed by atoms with E-state index in [1.54, 1.807) is 19.1 Å². The van der Waals surface area contributed by atoms with Crippen LogP contribution in [-0.2, 0) is 26.0 Å². The first-order chi connectivity index (χ1) is 15.4. The fourth-order valence-corrected chi connectivity index (χ4v) is 4.31. The van der Waals surface area contributed by atoms with Crippen molar-refractivity contribution in [2.24, 2.45) is 0 Å². The van der Waals surface area contributed by atoms with Gasteiger partial charge in [0, 0.05) is 12.6 Å². The zero-order valence-electron chi connectivity index (χ0n) is 20.3. The molecule has 0 radical (unpaired) electrons. The smallest absolute Gasteiger partial charge is 0.244 e. The van der Waals surface area contributed by atoms with Gasteiger partial charge in [0.05, 0.1) is 11.9 Å². The van der Waals surface area contributed by atoms with Crippen molar-refractivity contribution in [1.82, 2.24) is 10.2 Å². The highest BCUT2D eigenvalue weighted by atomic mass is 32.2. The second kappa shape index (κ2) is 11.3. The molecule has 0 aliphatic rings. The van der Waals surface area contributed by atoms with Crippen LogP contribution >= 0.6 is 0 Å². The van der Waals surface area contributed by atoms with E-state index in [0.29, 0.717) is 18.7 Å². The van der Waals surface area contributed by atoms with E-state index < -0.39 is 22.0 Å². The van der Waals surface area contributed by atoms with Gasteiger partial charge in [0.1, 0.15) is 12.6 Å². The Morgan fingerprint density at radius 3 is 2.15 bits per heavy atom. The normalized spacial score (nSPS) is 12.3. The Kier molecular flexibility index (Phi) is 9.05. The molecule has 7 nitrogen and oxygen atoms in total. The van der Waals surface area contributed by atoms with E-state index in [0.717, 1.165) is 27.3 Å². The lowest BCUT2D eigenvalue weighted by Crippen LogP contribution is -2.53. The van der Waals surface area contributed by atoms with Crippen LogP contribution in [0.25, 0.3) is 0 Å². The van der Waals surface area contributed by atoms with Crippen LogP contribution in [0.15, 0.2) is 48.5 Å². The van der Waals surface area contributed by atoms with E-state index >= 15 is 0 Å². The average Bonchev–Trinajstić information content (AvgIpc) is 2.73. The molecule has 2 rings (SSSR count). The van der Waals surface area contributed by atoms with E-state index in [2.05, 4.69) is 5.32 Å².